The maximum atomic E-state index is 17.4. The van der Waals surface area contributed by atoms with E-state index in [2.05, 4.69) is 9.80 Å². The Morgan fingerprint density at radius 3 is 2.70 bits per heavy atom. The predicted octanol–water partition coefficient (Wildman–Crippen LogP) is 6.65. The van der Waals surface area contributed by atoms with Crippen LogP contribution in [0.3, 0.4) is 0 Å². The summed E-state index contributed by atoms with van der Waals surface area (Å²) in [6.07, 6.45) is 4.20. The van der Waals surface area contributed by atoms with Gasteiger partial charge in [-0.2, -0.15) is 9.97 Å². The average Bonchev–Trinajstić information content (AvgIpc) is 3.72. The van der Waals surface area contributed by atoms with E-state index in [1.54, 1.807) is 12.1 Å². The molecule has 0 unspecified atom stereocenters. The van der Waals surface area contributed by atoms with Gasteiger partial charge in [-0.05, 0) is 89.5 Å². The molecule has 12 nitrogen and oxygen atoms in total. The molecule has 284 valence electrons. The number of alkyl halides is 1. The third-order valence-corrected chi connectivity index (χ3v) is 12.0. The lowest BCUT2D eigenvalue weighted by molar-refractivity contribution is 0.00537. The number of amides is 1. The molecule has 1 aliphatic carbocycles. The molecule has 2 aromatic heterocycles. The van der Waals surface area contributed by atoms with Crippen LogP contribution in [-0.2, 0) is 9.47 Å². The molecular formula is C38H45ClF2N6O6. The Kier molecular flexibility index (Phi) is 8.54. The molecule has 6 aliphatic rings. The number of pyridine rings is 1. The number of carbonyl (C=O) groups is 1. The van der Waals surface area contributed by atoms with Crippen LogP contribution in [0.5, 0.6) is 17.6 Å². The normalized spacial score (nSPS) is 27.8. The minimum atomic E-state index is -0.930. The molecule has 2 bridgehead atoms. The van der Waals surface area contributed by atoms with Gasteiger partial charge in [0.2, 0.25) is 5.88 Å². The van der Waals surface area contributed by atoms with Gasteiger partial charge in [0.25, 0.3) is 0 Å². The molecule has 5 aliphatic heterocycles. The molecule has 1 saturated carbocycles. The van der Waals surface area contributed by atoms with Gasteiger partial charge in [0.15, 0.2) is 12.6 Å². The van der Waals surface area contributed by atoms with E-state index >= 15 is 4.39 Å². The second-order valence-corrected chi connectivity index (χ2v) is 16.8. The molecule has 7 heterocycles. The number of carbonyl (C=O) groups excluding carboxylic acids is 1. The van der Waals surface area contributed by atoms with Crippen molar-refractivity contribution in [1.82, 2.24) is 24.8 Å². The fraction of sp³-hybridized carbons (Fsp3) is 0.632. The number of hydrogen-bond acceptors (Lipinski definition) is 11. The van der Waals surface area contributed by atoms with Crippen LogP contribution in [0.15, 0.2) is 12.1 Å². The SMILES string of the molecule is COCOc1cc(Cl)c(C2CC2)c(-c2nc3c4c(nc(OC[C@@]56CCCN5C[C@@H](F)C6)nc4c2F)N2C[C@@H]4CC[C@H]([C@H]2CO3)N4C(=O)OC(C)(C)C)c1. The Labute approximate surface area is 312 Å². The molecule has 53 heavy (non-hydrogen) atoms. The van der Waals surface area contributed by atoms with Crippen LogP contribution in [0.1, 0.15) is 77.2 Å². The monoisotopic (exact) mass is 754 g/mol. The van der Waals surface area contributed by atoms with Crippen molar-refractivity contribution < 1.29 is 37.3 Å². The topological polar surface area (TPSA) is 112 Å². The smallest absolute Gasteiger partial charge is 0.410 e. The highest BCUT2D eigenvalue weighted by Gasteiger charge is 2.53. The third-order valence-electron chi connectivity index (χ3n) is 11.7. The number of fused-ring (bicyclic) bond motifs is 6. The number of nitrogens with zero attached hydrogens (tertiary/aromatic N) is 6. The number of anilines is 1. The lowest BCUT2D eigenvalue weighted by Crippen LogP contribution is -2.63. The fourth-order valence-electron chi connectivity index (χ4n) is 9.34. The van der Waals surface area contributed by atoms with Gasteiger partial charge in [-0.3, -0.25) is 9.80 Å². The zero-order valence-electron chi connectivity index (χ0n) is 30.5. The summed E-state index contributed by atoms with van der Waals surface area (Å²) < 4.78 is 61.7. The number of aromatic nitrogens is 3. The zero-order chi connectivity index (χ0) is 36.8. The van der Waals surface area contributed by atoms with Crippen molar-refractivity contribution in [2.24, 2.45) is 0 Å². The molecule has 4 saturated heterocycles. The molecule has 1 aromatic carbocycles. The van der Waals surface area contributed by atoms with Crippen molar-refractivity contribution in [2.75, 3.05) is 51.7 Å². The minimum absolute atomic E-state index is 0.00164. The van der Waals surface area contributed by atoms with Crippen LogP contribution in [0.25, 0.3) is 22.2 Å². The van der Waals surface area contributed by atoms with Crippen molar-refractivity contribution in [2.45, 2.75) is 107 Å². The molecule has 3 aromatic rings. The first kappa shape index (κ1) is 35.0. The molecule has 0 radical (unpaired) electrons. The van der Waals surface area contributed by atoms with Crippen LogP contribution in [-0.4, -0.2) is 113 Å². The maximum Gasteiger partial charge on any atom is 0.410 e. The first-order chi connectivity index (χ1) is 25.4. The Morgan fingerprint density at radius 2 is 1.92 bits per heavy atom. The molecular weight excluding hydrogens is 710 g/mol. The average molecular weight is 755 g/mol. The molecule has 5 atom stereocenters. The summed E-state index contributed by atoms with van der Waals surface area (Å²) in [5.41, 5.74) is 0.204. The minimum Gasteiger partial charge on any atom is -0.475 e. The van der Waals surface area contributed by atoms with Gasteiger partial charge in [-0.25, -0.2) is 18.6 Å². The number of methoxy groups -OCH3 is 1. The van der Waals surface area contributed by atoms with Gasteiger partial charge in [0.1, 0.15) is 53.2 Å². The summed E-state index contributed by atoms with van der Waals surface area (Å²) in [4.78, 5) is 34.2. The highest BCUT2D eigenvalue weighted by atomic mass is 35.5. The van der Waals surface area contributed by atoms with E-state index in [0.717, 1.165) is 50.6 Å². The van der Waals surface area contributed by atoms with Crippen molar-refractivity contribution in [1.29, 1.82) is 0 Å². The van der Waals surface area contributed by atoms with E-state index in [9.17, 15) is 9.18 Å². The van der Waals surface area contributed by atoms with Gasteiger partial charge in [0, 0.05) is 37.2 Å². The van der Waals surface area contributed by atoms with Crippen molar-refractivity contribution in [3.05, 3.63) is 28.5 Å². The van der Waals surface area contributed by atoms with Gasteiger partial charge in [-0.1, -0.05) is 11.6 Å². The molecule has 0 spiro atoms. The standard InChI is InChI=1S/C38H45ClF2N6O6/c1-37(2,3)53-36(48)47-22-8-9-26(47)27-17-50-34-29-32(30(41)31(42-34)24-12-23(52-19-49-4)13-25(39)28(24)20-6-7-20)43-35(44-33(29)46(27)16-22)51-18-38-10-5-11-45(38)15-21(40)14-38/h12-13,20-22,26-27H,5-11,14-19H2,1-4H3/t21-,22-,26+,27+,38-/m0/s1. The third kappa shape index (κ3) is 6.08. The van der Waals surface area contributed by atoms with E-state index in [-0.39, 0.29) is 73.2 Å². The molecule has 9 rings (SSSR count). The van der Waals surface area contributed by atoms with Gasteiger partial charge < -0.3 is 28.6 Å². The molecule has 0 N–H and O–H groups in total. The largest absolute Gasteiger partial charge is 0.475 e. The lowest BCUT2D eigenvalue weighted by atomic mass is 9.95. The van der Waals surface area contributed by atoms with E-state index in [1.807, 2.05) is 25.7 Å². The predicted molar refractivity (Wildman–Crippen MR) is 192 cm³/mol. The number of halogens is 3. The summed E-state index contributed by atoms with van der Waals surface area (Å²) in [5.74, 6) is 0.518. The fourth-order valence-corrected chi connectivity index (χ4v) is 9.70. The van der Waals surface area contributed by atoms with Crippen molar-refractivity contribution in [3.8, 4) is 28.9 Å². The van der Waals surface area contributed by atoms with Gasteiger partial charge >= 0.3 is 12.1 Å². The number of ether oxygens (including phenoxy) is 5. The lowest BCUT2D eigenvalue weighted by Gasteiger charge is -2.46. The number of rotatable bonds is 8. The van der Waals surface area contributed by atoms with E-state index in [4.69, 9.17) is 50.2 Å². The van der Waals surface area contributed by atoms with Crippen molar-refractivity contribution in [3.63, 3.8) is 0 Å². The van der Waals surface area contributed by atoms with Crippen LogP contribution in [0.4, 0.5) is 19.4 Å². The van der Waals surface area contributed by atoms with Gasteiger partial charge in [-0.15, -0.1) is 0 Å². The summed E-state index contributed by atoms with van der Waals surface area (Å²) in [6, 6.07) is 2.73. The quantitative estimate of drug-likeness (QED) is 0.231. The highest BCUT2D eigenvalue weighted by Crippen LogP contribution is 2.51. The summed E-state index contributed by atoms with van der Waals surface area (Å²) in [6.45, 7) is 7.52. The number of piperazine rings is 1. The zero-order valence-corrected chi connectivity index (χ0v) is 31.3. The first-order valence-electron chi connectivity index (χ1n) is 18.7. The maximum absolute atomic E-state index is 17.4. The van der Waals surface area contributed by atoms with E-state index in [1.165, 1.54) is 7.11 Å². The van der Waals surface area contributed by atoms with Gasteiger partial charge in [0.05, 0.1) is 23.7 Å². The Morgan fingerprint density at radius 1 is 1.09 bits per heavy atom. The number of hydrogen-bond donors (Lipinski definition) is 0. The molecule has 1 amide bonds. The second kappa shape index (κ2) is 12.9. The summed E-state index contributed by atoms with van der Waals surface area (Å²) in [5, 5.41) is 0.789. The van der Waals surface area contributed by atoms with E-state index < -0.39 is 23.1 Å². The molecule has 5 fully saturated rings. The van der Waals surface area contributed by atoms with Crippen LogP contribution >= 0.6 is 11.6 Å². The Balaban J connectivity index is 1.17. The van der Waals surface area contributed by atoms with Crippen LogP contribution in [0, 0.1) is 5.82 Å². The number of benzene rings is 1. The van der Waals surface area contributed by atoms with Crippen LogP contribution in [0.2, 0.25) is 5.02 Å². The van der Waals surface area contributed by atoms with Crippen LogP contribution < -0.4 is 19.1 Å². The second-order valence-electron chi connectivity index (χ2n) is 16.4. The summed E-state index contributed by atoms with van der Waals surface area (Å²) in [7, 11) is 1.52. The highest BCUT2D eigenvalue weighted by molar-refractivity contribution is 6.32. The van der Waals surface area contributed by atoms with E-state index in [0.29, 0.717) is 47.1 Å². The van der Waals surface area contributed by atoms with Crippen molar-refractivity contribution >= 4 is 34.4 Å². The Hall–Kier alpha value is -3.75. The first-order valence-corrected chi connectivity index (χ1v) is 19.1. The Bertz CT molecular complexity index is 1960. The summed E-state index contributed by atoms with van der Waals surface area (Å²) >= 11 is 6.86. The molecule has 15 heteroatoms.